The van der Waals surface area contributed by atoms with Crippen LogP contribution in [0.2, 0.25) is 0 Å². The first-order chi connectivity index (χ1) is 9.65. The van der Waals surface area contributed by atoms with Gasteiger partial charge in [-0.1, -0.05) is 18.2 Å². The van der Waals surface area contributed by atoms with Gasteiger partial charge in [0.2, 0.25) is 5.91 Å². The molecule has 1 saturated heterocycles. The van der Waals surface area contributed by atoms with Gasteiger partial charge in [0.1, 0.15) is 0 Å². The smallest absolute Gasteiger partial charge is 0.251 e. The van der Waals surface area contributed by atoms with Crippen molar-refractivity contribution in [1.82, 2.24) is 16.0 Å². The van der Waals surface area contributed by atoms with Gasteiger partial charge in [-0.05, 0) is 19.1 Å². The molecule has 1 aliphatic heterocycles. The van der Waals surface area contributed by atoms with Crippen molar-refractivity contribution in [3.63, 3.8) is 0 Å². The Balaban J connectivity index is 1.70. The van der Waals surface area contributed by atoms with Crippen molar-refractivity contribution in [2.45, 2.75) is 19.4 Å². The number of amides is 2. The summed E-state index contributed by atoms with van der Waals surface area (Å²) in [5.74, 6) is 0.389. The summed E-state index contributed by atoms with van der Waals surface area (Å²) in [4.78, 5) is 23.6. The maximum Gasteiger partial charge on any atom is 0.251 e. The van der Waals surface area contributed by atoms with Crippen LogP contribution < -0.4 is 16.0 Å². The second-order valence-electron chi connectivity index (χ2n) is 5.27. The minimum absolute atomic E-state index is 0.0160. The van der Waals surface area contributed by atoms with Crippen LogP contribution in [0.15, 0.2) is 30.3 Å². The lowest BCUT2D eigenvalue weighted by molar-refractivity contribution is -0.121. The molecule has 0 aromatic heterocycles. The minimum atomic E-state index is -0.178. The van der Waals surface area contributed by atoms with Crippen LogP contribution >= 0.6 is 0 Å². The van der Waals surface area contributed by atoms with Gasteiger partial charge in [0.25, 0.3) is 5.91 Å². The van der Waals surface area contributed by atoms with Crippen molar-refractivity contribution in [3.8, 4) is 0 Å². The SMILES string of the molecule is CC(CC(=O)NCC1CNC1)NC(=O)c1ccccc1. The molecule has 1 heterocycles. The van der Waals surface area contributed by atoms with Crippen LogP contribution in [0.5, 0.6) is 0 Å². The quantitative estimate of drug-likeness (QED) is 0.709. The van der Waals surface area contributed by atoms with Gasteiger partial charge in [-0.2, -0.15) is 0 Å². The maximum absolute atomic E-state index is 11.9. The predicted molar refractivity (Wildman–Crippen MR) is 77.4 cm³/mol. The molecule has 5 nitrogen and oxygen atoms in total. The second-order valence-corrected chi connectivity index (χ2v) is 5.27. The summed E-state index contributed by atoms with van der Waals surface area (Å²) in [5.41, 5.74) is 0.611. The van der Waals surface area contributed by atoms with E-state index in [1.165, 1.54) is 0 Å². The molecule has 5 heteroatoms. The largest absolute Gasteiger partial charge is 0.356 e. The fourth-order valence-electron chi connectivity index (χ4n) is 2.05. The summed E-state index contributed by atoms with van der Waals surface area (Å²) in [7, 11) is 0. The Labute approximate surface area is 119 Å². The van der Waals surface area contributed by atoms with Gasteiger partial charge >= 0.3 is 0 Å². The van der Waals surface area contributed by atoms with Crippen LogP contribution in [-0.2, 0) is 4.79 Å². The summed E-state index contributed by atoms with van der Waals surface area (Å²) in [6.45, 7) is 4.50. The van der Waals surface area contributed by atoms with Gasteiger partial charge in [0.15, 0.2) is 0 Å². The fourth-order valence-corrected chi connectivity index (χ4v) is 2.05. The van der Waals surface area contributed by atoms with Crippen molar-refractivity contribution in [2.75, 3.05) is 19.6 Å². The van der Waals surface area contributed by atoms with Crippen LogP contribution in [-0.4, -0.2) is 37.5 Å². The lowest BCUT2D eigenvalue weighted by atomic mass is 10.0. The molecule has 0 bridgehead atoms. The van der Waals surface area contributed by atoms with E-state index in [2.05, 4.69) is 16.0 Å². The normalized spacial score (nSPS) is 16.1. The highest BCUT2D eigenvalue weighted by Crippen LogP contribution is 2.02. The van der Waals surface area contributed by atoms with Gasteiger partial charge in [-0.3, -0.25) is 9.59 Å². The highest BCUT2D eigenvalue weighted by Gasteiger charge is 2.18. The van der Waals surface area contributed by atoms with Crippen LogP contribution in [0.3, 0.4) is 0 Å². The van der Waals surface area contributed by atoms with Gasteiger partial charge in [-0.15, -0.1) is 0 Å². The first-order valence-corrected chi connectivity index (χ1v) is 6.98. The van der Waals surface area contributed by atoms with Crippen molar-refractivity contribution in [2.24, 2.45) is 5.92 Å². The third-order valence-corrected chi connectivity index (χ3v) is 3.36. The Hall–Kier alpha value is -1.88. The average Bonchev–Trinajstić information content (AvgIpc) is 2.37. The first kappa shape index (κ1) is 14.5. The highest BCUT2D eigenvalue weighted by molar-refractivity contribution is 5.94. The number of hydrogen-bond donors (Lipinski definition) is 3. The van der Waals surface area contributed by atoms with Crippen LogP contribution in [0.4, 0.5) is 0 Å². The third kappa shape index (κ3) is 4.35. The zero-order valence-electron chi connectivity index (χ0n) is 11.7. The van der Waals surface area contributed by atoms with Crippen molar-refractivity contribution in [1.29, 1.82) is 0 Å². The third-order valence-electron chi connectivity index (χ3n) is 3.36. The molecular weight excluding hydrogens is 254 g/mol. The Morgan fingerprint density at radius 1 is 1.30 bits per heavy atom. The van der Waals surface area contributed by atoms with E-state index in [-0.39, 0.29) is 17.9 Å². The molecular formula is C15H21N3O2. The molecule has 2 amide bonds. The summed E-state index contributed by atoms with van der Waals surface area (Å²) in [6, 6.07) is 8.83. The molecule has 108 valence electrons. The predicted octanol–water partition coefficient (Wildman–Crippen LogP) is 0.531. The van der Waals surface area contributed by atoms with Gasteiger partial charge < -0.3 is 16.0 Å². The standard InChI is InChI=1S/C15H21N3O2/c1-11(7-14(19)17-10-12-8-16-9-12)18-15(20)13-5-3-2-4-6-13/h2-6,11-12,16H,7-10H2,1H3,(H,17,19)(H,18,20). The highest BCUT2D eigenvalue weighted by atomic mass is 16.2. The van der Waals surface area contributed by atoms with E-state index in [4.69, 9.17) is 0 Å². The zero-order chi connectivity index (χ0) is 14.4. The molecule has 1 aromatic carbocycles. The summed E-state index contributed by atoms with van der Waals surface area (Å²) in [5, 5.41) is 8.89. The number of hydrogen-bond acceptors (Lipinski definition) is 3. The van der Waals surface area contributed by atoms with E-state index in [1.54, 1.807) is 12.1 Å². The van der Waals surface area contributed by atoms with Gasteiger partial charge in [0.05, 0.1) is 0 Å². The molecule has 2 rings (SSSR count). The minimum Gasteiger partial charge on any atom is -0.356 e. The van der Waals surface area contributed by atoms with E-state index in [0.717, 1.165) is 13.1 Å². The Morgan fingerprint density at radius 2 is 2.00 bits per heavy atom. The van der Waals surface area contributed by atoms with E-state index >= 15 is 0 Å². The zero-order valence-corrected chi connectivity index (χ0v) is 11.7. The molecule has 1 fully saturated rings. The number of rotatable bonds is 6. The topological polar surface area (TPSA) is 70.2 Å². The monoisotopic (exact) mass is 275 g/mol. The van der Waals surface area contributed by atoms with E-state index < -0.39 is 0 Å². The maximum atomic E-state index is 11.9. The number of carbonyl (C=O) groups is 2. The van der Waals surface area contributed by atoms with Crippen molar-refractivity contribution in [3.05, 3.63) is 35.9 Å². The molecule has 1 atom stereocenters. The molecule has 0 spiro atoms. The number of nitrogens with one attached hydrogen (secondary N) is 3. The van der Waals surface area contributed by atoms with Crippen molar-refractivity contribution >= 4 is 11.8 Å². The number of benzene rings is 1. The van der Waals surface area contributed by atoms with E-state index in [0.29, 0.717) is 24.4 Å². The van der Waals surface area contributed by atoms with Crippen LogP contribution in [0, 0.1) is 5.92 Å². The van der Waals surface area contributed by atoms with Gasteiger partial charge in [-0.25, -0.2) is 0 Å². The molecule has 3 N–H and O–H groups in total. The molecule has 20 heavy (non-hydrogen) atoms. The van der Waals surface area contributed by atoms with E-state index in [1.807, 2.05) is 25.1 Å². The molecule has 1 aromatic rings. The van der Waals surface area contributed by atoms with Crippen LogP contribution in [0.25, 0.3) is 0 Å². The Morgan fingerprint density at radius 3 is 2.60 bits per heavy atom. The Kier molecular flexibility index (Phi) is 5.12. The molecule has 0 aliphatic carbocycles. The van der Waals surface area contributed by atoms with E-state index in [9.17, 15) is 9.59 Å². The molecule has 0 radical (unpaired) electrons. The summed E-state index contributed by atoms with van der Waals surface area (Å²) < 4.78 is 0. The Bertz CT molecular complexity index is 457. The fraction of sp³-hybridized carbons (Fsp3) is 0.467. The number of carbonyl (C=O) groups excluding carboxylic acids is 2. The lowest BCUT2D eigenvalue weighted by Gasteiger charge is -2.27. The van der Waals surface area contributed by atoms with Crippen LogP contribution in [0.1, 0.15) is 23.7 Å². The second kappa shape index (κ2) is 7.05. The average molecular weight is 275 g/mol. The molecule has 0 saturated carbocycles. The van der Waals surface area contributed by atoms with Crippen molar-refractivity contribution < 1.29 is 9.59 Å². The lowest BCUT2D eigenvalue weighted by Crippen LogP contribution is -2.48. The molecule has 1 aliphatic rings. The summed E-state index contributed by atoms with van der Waals surface area (Å²) >= 11 is 0. The molecule has 1 unspecified atom stereocenters. The summed E-state index contributed by atoms with van der Waals surface area (Å²) in [6.07, 6.45) is 0.304. The first-order valence-electron chi connectivity index (χ1n) is 6.98. The van der Waals surface area contributed by atoms with Gasteiger partial charge in [0, 0.05) is 43.6 Å².